The van der Waals surface area contributed by atoms with Crippen molar-refractivity contribution in [2.75, 3.05) is 7.11 Å². The number of nitrogens with one attached hydrogen (secondary N) is 1. The zero-order chi connectivity index (χ0) is 20.2. The number of hydrogen-bond donors (Lipinski definition) is 1. The first-order valence-corrected chi connectivity index (χ1v) is 8.83. The zero-order valence-electron chi connectivity index (χ0n) is 15.6. The Morgan fingerprint density at radius 1 is 0.857 bits per heavy atom. The normalized spacial score (nSPS) is 11.2. The first-order chi connectivity index (χ1) is 13.6. The average Bonchev–Trinajstić information content (AvgIpc) is 2.74. The van der Waals surface area contributed by atoms with Gasteiger partial charge < -0.3 is 19.5 Å². The molecule has 0 spiro atoms. The van der Waals surface area contributed by atoms with Crippen molar-refractivity contribution in [1.82, 2.24) is 5.32 Å². The van der Waals surface area contributed by atoms with Crippen LogP contribution in [-0.2, 0) is 37.0 Å². The van der Waals surface area contributed by atoms with Gasteiger partial charge in [-0.15, -0.1) is 0 Å². The Labute approximate surface area is 163 Å². The summed E-state index contributed by atoms with van der Waals surface area (Å²) in [5, 5.41) is 2.42. The molecule has 1 amide bonds. The molecule has 2 aromatic carbocycles. The van der Waals surface area contributed by atoms with Crippen molar-refractivity contribution >= 4 is 18.0 Å². The number of benzene rings is 2. The standard InChI is InChI=1S/C21H23NO6/c1-26-20(24)18(22-21(25)28-15-17-10-6-3-7-11-17)12-13-19(23)27-14-16-8-4-2-5-9-16/h2-11,18H,12-15H2,1H3,(H,22,25). The van der Waals surface area contributed by atoms with Crippen molar-refractivity contribution in [1.29, 1.82) is 0 Å². The van der Waals surface area contributed by atoms with Crippen molar-refractivity contribution in [3.05, 3.63) is 71.8 Å². The minimum atomic E-state index is -1.00. The smallest absolute Gasteiger partial charge is 0.408 e. The molecule has 0 saturated carbocycles. The highest BCUT2D eigenvalue weighted by Crippen LogP contribution is 2.07. The van der Waals surface area contributed by atoms with E-state index in [4.69, 9.17) is 9.47 Å². The highest BCUT2D eigenvalue weighted by molar-refractivity contribution is 5.82. The molecular weight excluding hydrogens is 362 g/mol. The van der Waals surface area contributed by atoms with E-state index in [0.29, 0.717) is 0 Å². The number of alkyl carbamates (subject to hydrolysis) is 1. The van der Waals surface area contributed by atoms with Gasteiger partial charge in [0.05, 0.1) is 7.11 Å². The van der Waals surface area contributed by atoms with Crippen molar-refractivity contribution in [2.24, 2.45) is 0 Å². The molecule has 7 nitrogen and oxygen atoms in total. The predicted octanol–water partition coefficient (Wildman–Crippen LogP) is 2.98. The fourth-order valence-electron chi connectivity index (χ4n) is 2.37. The molecule has 2 aromatic rings. The summed E-state index contributed by atoms with van der Waals surface area (Å²) in [5.74, 6) is -1.13. The van der Waals surface area contributed by atoms with Crippen LogP contribution in [0.25, 0.3) is 0 Å². The van der Waals surface area contributed by atoms with Gasteiger partial charge in [-0.05, 0) is 17.5 Å². The summed E-state index contributed by atoms with van der Waals surface area (Å²) in [6.07, 6.45) is -0.774. The number of ether oxygens (including phenoxy) is 3. The molecule has 28 heavy (non-hydrogen) atoms. The monoisotopic (exact) mass is 385 g/mol. The molecule has 1 N–H and O–H groups in total. The molecule has 0 aromatic heterocycles. The average molecular weight is 385 g/mol. The molecule has 2 rings (SSSR count). The molecule has 0 heterocycles. The number of methoxy groups -OCH3 is 1. The maximum absolute atomic E-state index is 11.9. The van der Waals surface area contributed by atoms with E-state index < -0.39 is 24.1 Å². The molecule has 1 unspecified atom stereocenters. The maximum atomic E-state index is 11.9. The van der Waals surface area contributed by atoms with Crippen LogP contribution in [-0.4, -0.2) is 31.2 Å². The van der Waals surface area contributed by atoms with Crippen LogP contribution in [0.3, 0.4) is 0 Å². The second-order valence-electron chi connectivity index (χ2n) is 5.97. The maximum Gasteiger partial charge on any atom is 0.408 e. The summed E-state index contributed by atoms with van der Waals surface area (Å²) < 4.78 is 14.9. The van der Waals surface area contributed by atoms with E-state index in [1.807, 2.05) is 60.7 Å². The Morgan fingerprint density at radius 3 is 1.93 bits per heavy atom. The predicted molar refractivity (Wildman–Crippen MR) is 101 cm³/mol. The minimum absolute atomic E-state index is 0.0424. The fraction of sp³-hybridized carbons (Fsp3) is 0.286. The molecule has 1 atom stereocenters. The van der Waals surface area contributed by atoms with Crippen molar-refractivity contribution in [3.63, 3.8) is 0 Å². The fourth-order valence-corrected chi connectivity index (χ4v) is 2.37. The SMILES string of the molecule is COC(=O)C(CCC(=O)OCc1ccccc1)NC(=O)OCc1ccccc1. The van der Waals surface area contributed by atoms with Gasteiger partial charge in [0, 0.05) is 6.42 Å². The van der Waals surface area contributed by atoms with Gasteiger partial charge in [-0.25, -0.2) is 9.59 Å². The number of amides is 1. The molecular formula is C21H23NO6. The number of rotatable bonds is 9. The third-order valence-electron chi connectivity index (χ3n) is 3.87. The first kappa shape index (κ1) is 21.0. The van der Waals surface area contributed by atoms with E-state index in [0.717, 1.165) is 11.1 Å². The second-order valence-corrected chi connectivity index (χ2v) is 5.97. The Bertz CT molecular complexity index is 763. The quantitative estimate of drug-likeness (QED) is 0.527. The number of carbonyl (C=O) groups is 3. The van der Waals surface area contributed by atoms with Crippen molar-refractivity contribution in [3.8, 4) is 0 Å². The van der Waals surface area contributed by atoms with E-state index in [9.17, 15) is 14.4 Å². The summed E-state index contributed by atoms with van der Waals surface area (Å²) in [7, 11) is 1.21. The van der Waals surface area contributed by atoms with Crippen molar-refractivity contribution in [2.45, 2.75) is 32.1 Å². The minimum Gasteiger partial charge on any atom is -0.467 e. The second kappa shape index (κ2) is 11.4. The van der Waals surface area contributed by atoms with Gasteiger partial charge in [0.2, 0.25) is 0 Å². The van der Waals surface area contributed by atoms with Gasteiger partial charge in [0.25, 0.3) is 0 Å². The molecule has 0 aliphatic rings. The lowest BCUT2D eigenvalue weighted by molar-refractivity contribution is -0.146. The van der Waals surface area contributed by atoms with Crippen LogP contribution in [0.5, 0.6) is 0 Å². The van der Waals surface area contributed by atoms with Gasteiger partial charge in [-0.3, -0.25) is 4.79 Å². The topological polar surface area (TPSA) is 90.9 Å². The lowest BCUT2D eigenvalue weighted by atomic mass is 10.1. The zero-order valence-corrected chi connectivity index (χ0v) is 15.6. The van der Waals surface area contributed by atoms with E-state index in [2.05, 4.69) is 10.1 Å². The Kier molecular flexibility index (Phi) is 8.52. The summed E-state index contributed by atoms with van der Waals surface area (Å²) >= 11 is 0. The van der Waals surface area contributed by atoms with Crippen molar-refractivity contribution < 1.29 is 28.6 Å². The third-order valence-corrected chi connectivity index (χ3v) is 3.87. The van der Waals surface area contributed by atoms with Crippen LogP contribution in [0.2, 0.25) is 0 Å². The number of esters is 2. The highest BCUT2D eigenvalue weighted by atomic mass is 16.6. The van der Waals surface area contributed by atoms with Crippen LogP contribution < -0.4 is 5.32 Å². The van der Waals surface area contributed by atoms with Gasteiger partial charge in [-0.1, -0.05) is 60.7 Å². The van der Waals surface area contributed by atoms with Crippen LogP contribution in [0.4, 0.5) is 4.79 Å². The molecule has 0 fully saturated rings. The summed E-state index contributed by atoms with van der Waals surface area (Å²) in [4.78, 5) is 35.7. The van der Waals surface area contributed by atoms with E-state index in [1.165, 1.54) is 7.11 Å². The summed E-state index contributed by atoms with van der Waals surface area (Å²) in [5.41, 5.74) is 1.68. The molecule has 0 radical (unpaired) electrons. The van der Waals surface area contributed by atoms with E-state index in [-0.39, 0.29) is 26.1 Å². The van der Waals surface area contributed by atoms with Gasteiger partial charge >= 0.3 is 18.0 Å². The van der Waals surface area contributed by atoms with Crippen LogP contribution in [0, 0.1) is 0 Å². The molecule has 0 aliphatic carbocycles. The molecule has 0 aliphatic heterocycles. The Morgan fingerprint density at radius 2 is 1.39 bits per heavy atom. The number of carbonyl (C=O) groups excluding carboxylic acids is 3. The number of hydrogen-bond acceptors (Lipinski definition) is 6. The lowest BCUT2D eigenvalue weighted by Crippen LogP contribution is -2.42. The van der Waals surface area contributed by atoms with Crippen LogP contribution in [0.15, 0.2) is 60.7 Å². The summed E-state index contributed by atoms with van der Waals surface area (Å²) in [6, 6.07) is 17.4. The largest absolute Gasteiger partial charge is 0.467 e. The van der Waals surface area contributed by atoms with Gasteiger partial charge in [-0.2, -0.15) is 0 Å². The van der Waals surface area contributed by atoms with E-state index >= 15 is 0 Å². The third kappa shape index (κ3) is 7.49. The van der Waals surface area contributed by atoms with Crippen LogP contribution in [0.1, 0.15) is 24.0 Å². The summed E-state index contributed by atoms with van der Waals surface area (Å²) in [6.45, 7) is 0.217. The van der Waals surface area contributed by atoms with Gasteiger partial charge in [0.15, 0.2) is 0 Å². The molecule has 0 saturated heterocycles. The molecule has 0 bridgehead atoms. The van der Waals surface area contributed by atoms with Gasteiger partial charge in [0.1, 0.15) is 19.3 Å². The molecule has 7 heteroatoms. The first-order valence-electron chi connectivity index (χ1n) is 8.83. The van der Waals surface area contributed by atoms with E-state index in [1.54, 1.807) is 0 Å². The highest BCUT2D eigenvalue weighted by Gasteiger charge is 2.23. The molecule has 148 valence electrons. The Hall–Kier alpha value is -3.35. The van der Waals surface area contributed by atoms with Crippen LogP contribution >= 0.6 is 0 Å². The Balaban J connectivity index is 1.77. The lowest BCUT2D eigenvalue weighted by Gasteiger charge is -2.16.